The van der Waals surface area contributed by atoms with E-state index in [0.717, 1.165) is 35.6 Å². The molecule has 5 rings (SSSR count). The standard InChI is InChI=1S/C28H31F3N6O4S/c1-17-13-23(28(29,30)31)33-37(17)15-24(38)35-11-12-36(22(14-35)26(40)41-3)27-32-20(16-42-27)25(39)34(2)21-10-6-8-18-7-4-5-9-19(18)21/h4-5,7,9,13,16,21-22H,6,8,10-12,14-15H2,1-3H3. The molecule has 2 unspecified atom stereocenters. The maximum Gasteiger partial charge on any atom is 0.435 e. The van der Waals surface area contributed by atoms with Crippen molar-refractivity contribution in [2.45, 2.75) is 51.0 Å². The second-order valence-corrected chi connectivity index (χ2v) is 11.3. The topological polar surface area (TPSA) is 101 Å². The number of thiazole rings is 1. The third kappa shape index (κ3) is 5.85. The molecule has 0 saturated carbocycles. The summed E-state index contributed by atoms with van der Waals surface area (Å²) in [5, 5.41) is 5.63. The number of ether oxygens (including phenoxy) is 1. The van der Waals surface area contributed by atoms with Crippen LogP contribution in [-0.2, 0) is 33.5 Å². The largest absolute Gasteiger partial charge is 0.467 e. The van der Waals surface area contributed by atoms with Crippen LogP contribution in [0.25, 0.3) is 0 Å². The van der Waals surface area contributed by atoms with E-state index in [1.54, 1.807) is 22.2 Å². The molecule has 14 heteroatoms. The van der Waals surface area contributed by atoms with Crippen molar-refractivity contribution >= 4 is 34.3 Å². The SMILES string of the molecule is COC(=O)C1CN(C(=O)Cn2nc(C(F)(F)F)cc2C)CCN1c1nc(C(=O)N(C)C2CCCc3ccccc32)cs1. The van der Waals surface area contributed by atoms with Crippen molar-refractivity contribution in [2.75, 3.05) is 38.7 Å². The fourth-order valence-electron chi connectivity index (χ4n) is 5.56. The van der Waals surface area contributed by atoms with E-state index in [0.29, 0.717) is 5.13 Å². The number of methoxy groups -OCH3 is 1. The molecule has 2 aliphatic rings. The predicted octanol–water partition coefficient (Wildman–Crippen LogP) is 3.71. The van der Waals surface area contributed by atoms with E-state index >= 15 is 0 Å². The molecule has 1 aromatic carbocycles. The minimum atomic E-state index is -4.62. The number of alkyl halides is 3. The van der Waals surface area contributed by atoms with Gasteiger partial charge in [-0.2, -0.15) is 18.3 Å². The summed E-state index contributed by atoms with van der Waals surface area (Å²) in [5.74, 6) is -1.30. The predicted molar refractivity (Wildman–Crippen MR) is 148 cm³/mol. The van der Waals surface area contributed by atoms with E-state index in [1.807, 2.05) is 12.1 Å². The monoisotopic (exact) mass is 604 g/mol. The molecule has 0 radical (unpaired) electrons. The Morgan fingerprint density at radius 2 is 1.95 bits per heavy atom. The molecule has 0 N–H and O–H groups in total. The van der Waals surface area contributed by atoms with Crippen LogP contribution < -0.4 is 4.90 Å². The van der Waals surface area contributed by atoms with Crippen molar-refractivity contribution in [1.82, 2.24) is 24.6 Å². The molecule has 2 aromatic heterocycles. The Morgan fingerprint density at radius 3 is 2.67 bits per heavy atom. The summed E-state index contributed by atoms with van der Waals surface area (Å²) in [6.45, 7) is 1.39. The van der Waals surface area contributed by atoms with Gasteiger partial charge in [0.25, 0.3) is 5.91 Å². The normalized spacial score (nSPS) is 18.9. The average molecular weight is 605 g/mol. The number of anilines is 1. The Kier molecular flexibility index (Phi) is 8.26. The number of hydrogen-bond donors (Lipinski definition) is 0. The maximum atomic E-state index is 13.5. The molecule has 3 aromatic rings. The number of carbonyl (C=O) groups excluding carboxylic acids is 3. The van der Waals surface area contributed by atoms with Gasteiger partial charge in [-0.05, 0) is 43.4 Å². The van der Waals surface area contributed by atoms with E-state index in [4.69, 9.17) is 4.74 Å². The molecule has 1 aliphatic heterocycles. The smallest absolute Gasteiger partial charge is 0.435 e. The van der Waals surface area contributed by atoms with Gasteiger partial charge in [-0.15, -0.1) is 11.3 Å². The number of rotatable bonds is 6. The van der Waals surface area contributed by atoms with Crippen molar-refractivity contribution in [3.05, 3.63) is 63.9 Å². The van der Waals surface area contributed by atoms with Crippen LogP contribution >= 0.6 is 11.3 Å². The fraction of sp³-hybridized carbons (Fsp3) is 0.464. The molecule has 1 fully saturated rings. The first kappa shape index (κ1) is 29.5. The van der Waals surface area contributed by atoms with Crippen LogP contribution in [0.3, 0.4) is 0 Å². The first-order valence-corrected chi connectivity index (χ1v) is 14.4. The lowest BCUT2D eigenvalue weighted by molar-refractivity contribution is -0.145. The van der Waals surface area contributed by atoms with Gasteiger partial charge in [0, 0.05) is 31.2 Å². The highest BCUT2D eigenvalue weighted by molar-refractivity contribution is 7.14. The van der Waals surface area contributed by atoms with Gasteiger partial charge in [0.1, 0.15) is 18.3 Å². The third-order valence-electron chi connectivity index (χ3n) is 7.85. The summed E-state index contributed by atoms with van der Waals surface area (Å²) >= 11 is 1.22. The summed E-state index contributed by atoms with van der Waals surface area (Å²) in [4.78, 5) is 48.7. The summed E-state index contributed by atoms with van der Waals surface area (Å²) in [6, 6.07) is 8.04. The Morgan fingerprint density at radius 1 is 1.19 bits per heavy atom. The molecule has 0 bridgehead atoms. The Balaban J connectivity index is 1.29. The number of piperazine rings is 1. The van der Waals surface area contributed by atoms with Gasteiger partial charge in [-0.3, -0.25) is 14.3 Å². The summed E-state index contributed by atoms with van der Waals surface area (Å²) < 4.78 is 45.1. The quantitative estimate of drug-likeness (QED) is 0.396. The number of amides is 2. The number of fused-ring (bicyclic) bond motifs is 1. The Bertz CT molecular complexity index is 1490. The van der Waals surface area contributed by atoms with E-state index in [2.05, 4.69) is 22.2 Å². The summed E-state index contributed by atoms with van der Waals surface area (Å²) in [6.07, 6.45) is -1.81. The van der Waals surface area contributed by atoms with Crippen LogP contribution in [0.2, 0.25) is 0 Å². The van der Waals surface area contributed by atoms with Crippen molar-refractivity contribution in [3.8, 4) is 0 Å². The third-order valence-corrected chi connectivity index (χ3v) is 8.72. The number of carbonyl (C=O) groups is 3. The van der Waals surface area contributed by atoms with Crippen molar-refractivity contribution in [1.29, 1.82) is 0 Å². The Hall–Kier alpha value is -3.94. The molecule has 2 atom stereocenters. The molecule has 10 nitrogen and oxygen atoms in total. The van der Waals surface area contributed by atoms with Crippen LogP contribution in [0.4, 0.5) is 18.3 Å². The highest BCUT2D eigenvalue weighted by atomic mass is 32.1. The van der Waals surface area contributed by atoms with Crippen molar-refractivity contribution in [2.24, 2.45) is 0 Å². The zero-order valence-electron chi connectivity index (χ0n) is 23.4. The lowest BCUT2D eigenvalue weighted by Gasteiger charge is -2.39. The summed E-state index contributed by atoms with van der Waals surface area (Å²) in [5.41, 5.74) is 1.76. The minimum absolute atomic E-state index is 0.0560. The lowest BCUT2D eigenvalue weighted by atomic mass is 9.87. The van der Waals surface area contributed by atoms with Crippen LogP contribution in [0, 0.1) is 6.92 Å². The number of aromatic nitrogens is 3. The highest BCUT2D eigenvalue weighted by Crippen LogP contribution is 2.35. The van der Waals surface area contributed by atoms with Crippen LogP contribution in [0.15, 0.2) is 35.7 Å². The number of esters is 1. The lowest BCUT2D eigenvalue weighted by Crippen LogP contribution is -2.58. The molecule has 0 spiro atoms. The van der Waals surface area contributed by atoms with Crippen molar-refractivity contribution in [3.63, 3.8) is 0 Å². The number of hydrogen-bond acceptors (Lipinski definition) is 8. The number of nitrogens with zero attached hydrogens (tertiary/aromatic N) is 6. The van der Waals surface area contributed by atoms with Crippen LogP contribution in [0.5, 0.6) is 0 Å². The number of benzene rings is 1. The second-order valence-electron chi connectivity index (χ2n) is 10.4. The fourth-order valence-corrected chi connectivity index (χ4v) is 6.44. The average Bonchev–Trinajstić information content (AvgIpc) is 3.62. The zero-order chi connectivity index (χ0) is 30.2. The van der Waals surface area contributed by atoms with Gasteiger partial charge >= 0.3 is 12.1 Å². The van der Waals surface area contributed by atoms with Gasteiger partial charge < -0.3 is 19.4 Å². The zero-order valence-corrected chi connectivity index (χ0v) is 24.2. The first-order chi connectivity index (χ1) is 20.0. The van der Waals surface area contributed by atoms with Gasteiger partial charge in [-0.1, -0.05) is 24.3 Å². The molecule has 1 aliphatic carbocycles. The van der Waals surface area contributed by atoms with Gasteiger partial charge in [-0.25, -0.2) is 9.78 Å². The Labute approximate surface area is 244 Å². The van der Waals surface area contributed by atoms with Crippen LogP contribution in [0.1, 0.15) is 51.9 Å². The first-order valence-electron chi connectivity index (χ1n) is 13.5. The molecule has 3 heterocycles. The minimum Gasteiger partial charge on any atom is -0.467 e. The highest BCUT2D eigenvalue weighted by Gasteiger charge is 2.38. The van der Waals surface area contributed by atoms with Gasteiger partial charge in [0.2, 0.25) is 5.91 Å². The molecular weight excluding hydrogens is 573 g/mol. The molecule has 42 heavy (non-hydrogen) atoms. The van der Waals surface area contributed by atoms with Crippen LogP contribution in [-0.4, -0.2) is 82.2 Å². The molecule has 224 valence electrons. The number of aryl methyl sites for hydroxylation is 2. The molecule has 1 saturated heterocycles. The maximum absolute atomic E-state index is 13.5. The number of halogens is 3. The van der Waals surface area contributed by atoms with E-state index in [9.17, 15) is 27.6 Å². The van der Waals surface area contributed by atoms with E-state index in [-0.39, 0.29) is 43.0 Å². The molecule has 2 amide bonds. The van der Waals surface area contributed by atoms with E-state index in [1.165, 1.54) is 35.8 Å². The van der Waals surface area contributed by atoms with Crippen molar-refractivity contribution < 1.29 is 32.3 Å². The van der Waals surface area contributed by atoms with Gasteiger partial charge in [0.15, 0.2) is 10.8 Å². The molecular formula is C28H31F3N6O4S. The van der Waals surface area contributed by atoms with Gasteiger partial charge in [0.05, 0.1) is 19.7 Å². The summed E-state index contributed by atoms with van der Waals surface area (Å²) in [7, 11) is 3.01. The van der Waals surface area contributed by atoms with E-state index < -0.39 is 36.3 Å². The second kappa shape index (κ2) is 11.7.